The van der Waals surface area contributed by atoms with Gasteiger partial charge in [-0.1, -0.05) is 32.4 Å². The van der Waals surface area contributed by atoms with Crippen LogP contribution in [0.25, 0.3) is 5.65 Å². The number of fused-ring (bicyclic) bond motifs is 1. The van der Waals surface area contributed by atoms with Gasteiger partial charge in [0, 0.05) is 22.9 Å². The Hall–Kier alpha value is -3.68. The van der Waals surface area contributed by atoms with Crippen molar-refractivity contribution in [2.24, 2.45) is 0 Å². The summed E-state index contributed by atoms with van der Waals surface area (Å²) in [5.74, 6) is -0.650. The monoisotopic (exact) mass is 489 g/mol. The molecule has 35 heavy (non-hydrogen) atoms. The highest BCUT2D eigenvalue weighted by Gasteiger charge is 2.11. The Bertz CT molecular complexity index is 1090. The SMILES string of the molecule is C/C=C(\C)C(=O)O.C=C(C)CC.CC.CF.Cc1nnc2ccc(C(=O)c3ccc(F)cc3)cn12. The molecule has 0 bridgehead atoms. The smallest absolute Gasteiger partial charge is 0.330 e. The maximum absolute atomic E-state index is 12.8. The highest BCUT2D eigenvalue weighted by molar-refractivity contribution is 6.08. The molecule has 0 unspecified atom stereocenters. The first-order valence-electron chi connectivity index (χ1n) is 11.1. The van der Waals surface area contributed by atoms with E-state index in [-0.39, 0.29) is 11.6 Å². The molecule has 0 spiro atoms. The molecule has 0 saturated heterocycles. The number of pyridine rings is 1. The van der Waals surface area contributed by atoms with E-state index in [1.54, 1.807) is 42.7 Å². The van der Waals surface area contributed by atoms with Crippen molar-refractivity contribution in [2.75, 3.05) is 7.18 Å². The number of carbonyl (C=O) groups excluding carboxylic acids is 1. The van der Waals surface area contributed by atoms with Crippen LogP contribution in [-0.4, -0.2) is 38.6 Å². The predicted octanol–water partition coefficient (Wildman–Crippen LogP) is 7.03. The van der Waals surface area contributed by atoms with Crippen molar-refractivity contribution in [3.05, 3.63) is 89.2 Å². The highest BCUT2D eigenvalue weighted by atomic mass is 19.1. The zero-order chi connectivity index (χ0) is 27.6. The summed E-state index contributed by atoms with van der Waals surface area (Å²) in [7, 11) is 0.500. The van der Waals surface area contributed by atoms with Crippen LogP contribution in [0.15, 0.2) is 66.4 Å². The van der Waals surface area contributed by atoms with Gasteiger partial charge < -0.3 is 5.11 Å². The number of aliphatic carboxylic acids is 1. The molecule has 0 amide bonds. The van der Waals surface area contributed by atoms with Crippen LogP contribution in [-0.2, 0) is 4.79 Å². The molecule has 0 aliphatic heterocycles. The second-order valence-corrected chi connectivity index (χ2v) is 6.82. The number of aryl methyl sites for hydroxylation is 1. The van der Waals surface area contributed by atoms with Gasteiger partial charge in [0.25, 0.3) is 0 Å². The van der Waals surface area contributed by atoms with E-state index in [9.17, 15) is 18.4 Å². The van der Waals surface area contributed by atoms with Crippen molar-refractivity contribution >= 4 is 17.4 Å². The van der Waals surface area contributed by atoms with Gasteiger partial charge in [-0.15, -0.1) is 16.8 Å². The fourth-order valence-electron chi connectivity index (χ4n) is 2.03. The number of carbonyl (C=O) groups is 2. The Labute approximate surface area is 207 Å². The molecule has 8 heteroatoms. The zero-order valence-electron chi connectivity index (χ0n) is 21.9. The average molecular weight is 490 g/mol. The molecule has 0 saturated carbocycles. The third kappa shape index (κ3) is 12.4. The lowest BCUT2D eigenvalue weighted by atomic mass is 10.1. The molecular weight excluding hydrogens is 452 g/mol. The quantitative estimate of drug-likeness (QED) is 0.242. The summed E-state index contributed by atoms with van der Waals surface area (Å²) in [5, 5.41) is 16.0. The topological polar surface area (TPSA) is 84.6 Å². The minimum Gasteiger partial charge on any atom is -0.478 e. The lowest BCUT2D eigenvalue weighted by Gasteiger charge is -2.02. The molecule has 0 fully saturated rings. The number of allylic oxidation sites excluding steroid dienone is 2. The number of alkyl halides is 1. The lowest BCUT2D eigenvalue weighted by molar-refractivity contribution is -0.132. The van der Waals surface area contributed by atoms with Crippen LogP contribution in [0.1, 0.15) is 69.7 Å². The van der Waals surface area contributed by atoms with E-state index in [2.05, 4.69) is 23.7 Å². The Balaban J connectivity index is 0. The molecule has 1 aromatic carbocycles. The van der Waals surface area contributed by atoms with Gasteiger partial charge in [-0.05, 0) is 70.5 Å². The minimum absolute atomic E-state index is 0.157. The first-order chi connectivity index (χ1) is 16.6. The van der Waals surface area contributed by atoms with Crippen LogP contribution in [0.2, 0.25) is 0 Å². The third-order valence-electron chi connectivity index (χ3n) is 4.32. The van der Waals surface area contributed by atoms with Crippen LogP contribution in [0, 0.1) is 12.7 Å². The fourth-order valence-corrected chi connectivity index (χ4v) is 2.03. The summed E-state index contributed by atoms with van der Waals surface area (Å²) in [5.41, 5.74) is 3.30. The van der Waals surface area contributed by atoms with Crippen LogP contribution in [0.4, 0.5) is 8.78 Å². The fraction of sp³-hybridized carbons (Fsp3) is 0.333. The van der Waals surface area contributed by atoms with Gasteiger partial charge in [0.15, 0.2) is 11.4 Å². The van der Waals surface area contributed by atoms with Crippen molar-refractivity contribution in [1.29, 1.82) is 0 Å². The number of carboxylic acids is 1. The summed E-state index contributed by atoms with van der Waals surface area (Å²) < 4.78 is 24.1. The number of benzene rings is 1. The number of nitrogens with zero attached hydrogens (tertiary/aromatic N) is 3. The summed E-state index contributed by atoms with van der Waals surface area (Å²) in [6.07, 6.45) is 4.36. The van der Waals surface area contributed by atoms with E-state index in [4.69, 9.17) is 5.11 Å². The maximum atomic E-state index is 12.8. The normalized spacial score (nSPS) is 9.60. The van der Waals surface area contributed by atoms with Gasteiger partial charge >= 0.3 is 5.97 Å². The van der Waals surface area contributed by atoms with Gasteiger partial charge in [-0.25, -0.2) is 9.18 Å². The average Bonchev–Trinajstić information content (AvgIpc) is 3.26. The second kappa shape index (κ2) is 18.7. The Morgan fingerprint density at radius 3 is 1.91 bits per heavy atom. The summed E-state index contributed by atoms with van der Waals surface area (Å²) in [6.45, 7) is 16.9. The van der Waals surface area contributed by atoms with Crippen molar-refractivity contribution in [1.82, 2.24) is 14.6 Å². The molecule has 192 valence electrons. The van der Waals surface area contributed by atoms with E-state index >= 15 is 0 Å². The molecule has 0 aliphatic carbocycles. The van der Waals surface area contributed by atoms with Crippen LogP contribution < -0.4 is 0 Å². The van der Waals surface area contributed by atoms with Crippen molar-refractivity contribution < 1.29 is 23.5 Å². The van der Waals surface area contributed by atoms with Crippen molar-refractivity contribution in [2.45, 2.75) is 54.9 Å². The number of hydrogen-bond acceptors (Lipinski definition) is 4. The molecule has 3 rings (SSSR count). The zero-order valence-corrected chi connectivity index (χ0v) is 21.9. The molecule has 0 atom stereocenters. The summed E-state index contributed by atoms with van der Waals surface area (Å²) >= 11 is 0. The predicted molar refractivity (Wildman–Crippen MR) is 138 cm³/mol. The highest BCUT2D eigenvalue weighted by Crippen LogP contribution is 2.12. The van der Waals surface area contributed by atoms with E-state index in [1.165, 1.54) is 29.8 Å². The summed E-state index contributed by atoms with van der Waals surface area (Å²) in [4.78, 5) is 22.1. The van der Waals surface area contributed by atoms with E-state index in [0.717, 1.165) is 6.42 Å². The molecule has 6 nitrogen and oxygen atoms in total. The number of ketones is 1. The number of hydrogen-bond donors (Lipinski definition) is 1. The number of aromatic nitrogens is 3. The molecule has 3 aromatic rings. The van der Waals surface area contributed by atoms with Gasteiger partial charge in [-0.2, -0.15) is 0 Å². The van der Waals surface area contributed by atoms with Crippen LogP contribution in [0.3, 0.4) is 0 Å². The number of rotatable bonds is 4. The molecule has 0 aliphatic rings. The van der Waals surface area contributed by atoms with Crippen molar-refractivity contribution in [3.8, 4) is 0 Å². The summed E-state index contributed by atoms with van der Waals surface area (Å²) in [6, 6.07) is 8.92. The Morgan fingerprint density at radius 2 is 1.51 bits per heavy atom. The van der Waals surface area contributed by atoms with Gasteiger partial charge in [0.05, 0.1) is 7.18 Å². The van der Waals surface area contributed by atoms with E-state index < -0.39 is 5.97 Å². The molecular formula is C27H37F2N3O3. The third-order valence-corrected chi connectivity index (χ3v) is 4.32. The van der Waals surface area contributed by atoms with Crippen molar-refractivity contribution in [3.63, 3.8) is 0 Å². The van der Waals surface area contributed by atoms with E-state index in [1.807, 2.05) is 27.7 Å². The lowest BCUT2D eigenvalue weighted by Crippen LogP contribution is -2.03. The standard InChI is InChI=1S/C14H10FN3O.C5H8O2.C5H10.C2H6.CH3F/c1-9-16-17-13-7-4-11(8-18(9)13)14(19)10-2-5-12(15)6-3-10;1-3-4(2)5(6)7;1-4-5(2)3;2*1-2/h2-8H,1H3;3H,1-2H3,(H,6,7);2,4H2,1,3H3;1-2H3;1H3/b;4-3+;;;. The largest absolute Gasteiger partial charge is 0.478 e. The maximum Gasteiger partial charge on any atom is 0.330 e. The number of carboxylic acid groups (broad SMARTS) is 1. The number of halogens is 2. The molecule has 1 N–H and O–H groups in total. The molecule has 2 aromatic heterocycles. The van der Waals surface area contributed by atoms with Gasteiger partial charge in [0.1, 0.15) is 11.6 Å². The first-order valence-corrected chi connectivity index (χ1v) is 11.1. The minimum atomic E-state index is -0.845. The Kier molecular flexibility index (Phi) is 17.9. The molecule has 2 heterocycles. The Morgan fingerprint density at radius 1 is 1.03 bits per heavy atom. The van der Waals surface area contributed by atoms with E-state index in [0.29, 0.717) is 35.3 Å². The van der Waals surface area contributed by atoms with Gasteiger partial charge in [0.2, 0.25) is 0 Å². The van der Waals surface area contributed by atoms with Gasteiger partial charge in [-0.3, -0.25) is 13.6 Å². The van der Waals surface area contributed by atoms with Crippen LogP contribution in [0.5, 0.6) is 0 Å². The second-order valence-electron chi connectivity index (χ2n) is 6.82. The first kappa shape index (κ1) is 33.5. The molecule has 0 radical (unpaired) electrons. The van der Waals surface area contributed by atoms with Crippen LogP contribution >= 0.6 is 0 Å².